The number of epoxide rings is 1. The second-order valence-electron chi connectivity index (χ2n) is 12.8. The number of carbonyl (C=O) groups excluding carboxylic acids is 2. The topological polar surface area (TPSA) is 77.2 Å². The van der Waals surface area contributed by atoms with Gasteiger partial charge in [-0.05, 0) is 92.6 Å². The van der Waals surface area contributed by atoms with Gasteiger partial charge in [-0.15, -0.1) is 0 Å². The van der Waals surface area contributed by atoms with Crippen molar-refractivity contribution in [2.75, 3.05) is 6.61 Å². The third-order valence-corrected chi connectivity index (χ3v) is 7.31. The first kappa shape index (κ1) is 28.6. The Bertz CT molecular complexity index is 860. The lowest BCUT2D eigenvalue weighted by Gasteiger charge is -2.38. The van der Waals surface area contributed by atoms with Crippen molar-refractivity contribution in [3.05, 3.63) is 36.0 Å². The zero-order valence-electron chi connectivity index (χ0n) is 23.4. The number of hydrogen-bond acceptors (Lipinski definition) is 5. The van der Waals surface area contributed by atoms with Crippen LogP contribution in [0.5, 0.6) is 0 Å². The molecule has 0 radical (unpaired) electrons. The average Bonchev–Trinajstić information content (AvgIpc) is 3.51. The van der Waals surface area contributed by atoms with Gasteiger partial charge in [0.1, 0.15) is 6.10 Å². The Morgan fingerprint density at radius 2 is 1.81 bits per heavy atom. The first-order valence-corrected chi connectivity index (χ1v) is 13.6. The van der Waals surface area contributed by atoms with Crippen LogP contribution in [0.15, 0.2) is 36.0 Å². The van der Waals surface area contributed by atoms with E-state index in [1.807, 2.05) is 20.8 Å². The van der Waals surface area contributed by atoms with E-state index in [0.29, 0.717) is 5.92 Å². The third-order valence-electron chi connectivity index (χ3n) is 7.31. The quantitative estimate of drug-likeness (QED) is 0.196. The molecule has 36 heavy (non-hydrogen) atoms. The van der Waals surface area contributed by atoms with Gasteiger partial charge >= 0.3 is 5.97 Å². The van der Waals surface area contributed by atoms with Crippen molar-refractivity contribution < 1.29 is 23.8 Å². The fraction of sp³-hybridized carbons (Fsp3) is 0.733. The minimum absolute atomic E-state index is 0.0511. The molecule has 2 aliphatic heterocycles. The number of ether oxygens (including phenoxy) is 3. The molecule has 3 fully saturated rings. The Balaban J connectivity index is 1.35. The molecule has 3 aliphatic rings. The monoisotopic (exact) mass is 501 g/mol. The summed E-state index contributed by atoms with van der Waals surface area (Å²) >= 11 is 0. The van der Waals surface area contributed by atoms with Crippen molar-refractivity contribution >= 4 is 11.9 Å². The van der Waals surface area contributed by atoms with Crippen LogP contribution in [0.25, 0.3) is 0 Å². The van der Waals surface area contributed by atoms with Crippen molar-refractivity contribution in [3.63, 3.8) is 0 Å². The first-order chi connectivity index (χ1) is 16.8. The van der Waals surface area contributed by atoms with Gasteiger partial charge in [-0.1, -0.05) is 23.8 Å². The molecule has 1 aliphatic carbocycles. The summed E-state index contributed by atoms with van der Waals surface area (Å²) in [5.41, 5.74) is 0.635. The highest BCUT2D eigenvalue weighted by Gasteiger charge is 2.53. The van der Waals surface area contributed by atoms with Gasteiger partial charge in [0.2, 0.25) is 5.91 Å². The van der Waals surface area contributed by atoms with Crippen molar-refractivity contribution in [2.45, 2.75) is 123 Å². The molecule has 1 saturated carbocycles. The van der Waals surface area contributed by atoms with E-state index in [1.165, 1.54) is 11.6 Å². The summed E-state index contributed by atoms with van der Waals surface area (Å²) in [6.07, 6.45) is 16.7. The second-order valence-corrected chi connectivity index (χ2v) is 12.8. The maximum atomic E-state index is 12.3. The summed E-state index contributed by atoms with van der Waals surface area (Å²) in [4.78, 5) is 24.3. The Labute approximate surface area is 217 Å². The standard InChI is InChI=1S/C30H47NO5/c1-21(9-16-25-18-30(20-34-30)19-29(6,7)36-25)8-11-23-12-14-24(15-13-23)31-26(32)17-10-22(2)35-27(33)28(3,4)5/h8-10,16-17,22-25H,11-15,18-20H2,1-7H3,(H,31,32)/b16-9+,17-10-,21-8+/t22-,23?,24?,25+,30+/m0/s1. The molecule has 3 atom stereocenters. The second kappa shape index (κ2) is 11.6. The number of hydrogen-bond donors (Lipinski definition) is 1. The largest absolute Gasteiger partial charge is 0.458 e. The Morgan fingerprint density at radius 1 is 1.14 bits per heavy atom. The van der Waals surface area contributed by atoms with E-state index in [1.54, 1.807) is 13.0 Å². The highest BCUT2D eigenvalue weighted by atomic mass is 16.6. The molecular weight excluding hydrogens is 454 g/mol. The van der Waals surface area contributed by atoms with Gasteiger partial charge < -0.3 is 19.5 Å². The van der Waals surface area contributed by atoms with E-state index < -0.39 is 11.5 Å². The molecular formula is C30H47NO5. The van der Waals surface area contributed by atoms with E-state index in [2.05, 4.69) is 44.3 Å². The molecule has 0 unspecified atom stereocenters. The van der Waals surface area contributed by atoms with Gasteiger partial charge in [-0.3, -0.25) is 9.59 Å². The Kier molecular flexibility index (Phi) is 9.26. The normalized spacial score (nSPS) is 31.5. The van der Waals surface area contributed by atoms with E-state index in [-0.39, 0.29) is 35.2 Å². The lowest BCUT2D eigenvalue weighted by Crippen LogP contribution is -2.43. The van der Waals surface area contributed by atoms with Crippen LogP contribution in [-0.2, 0) is 23.8 Å². The van der Waals surface area contributed by atoms with Crippen molar-refractivity contribution in [1.29, 1.82) is 0 Å². The molecule has 202 valence electrons. The molecule has 2 heterocycles. The molecule has 1 amide bonds. The van der Waals surface area contributed by atoms with Gasteiger partial charge in [-0.25, -0.2) is 0 Å². The molecule has 0 aromatic heterocycles. The van der Waals surface area contributed by atoms with Gasteiger partial charge in [0.15, 0.2) is 0 Å². The average molecular weight is 502 g/mol. The SMILES string of the molecule is CC(/C=C/[C@@H]1C[C@]2(CO2)CC(C)(C)O1)=C\CC1CCC(NC(=O)/C=C\[C@H](C)OC(=O)C(C)(C)C)CC1. The number of allylic oxidation sites excluding steroid dienone is 3. The Hall–Kier alpha value is -1.92. The predicted octanol–water partition coefficient (Wildman–Crippen LogP) is 5.81. The highest BCUT2D eigenvalue weighted by molar-refractivity contribution is 5.87. The van der Waals surface area contributed by atoms with Crippen LogP contribution in [0, 0.1) is 11.3 Å². The fourth-order valence-electron chi connectivity index (χ4n) is 5.22. The smallest absolute Gasteiger partial charge is 0.311 e. The van der Waals surface area contributed by atoms with E-state index in [0.717, 1.165) is 51.6 Å². The predicted molar refractivity (Wildman–Crippen MR) is 142 cm³/mol. The zero-order chi connectivity index (χ0) is 26.6. The van der Waals surface area contributed by atoms with Crippen LogP contribution in [0.1, 0.15) is 93.4 Å². The van der Waals surface area contributed by atoms with Gasteiger partial charge in [0, 0.05) is 25.0 Å². The van der Waals surface area contributed by atoms with Crippen molar-refractivity contribution in [2.24, 2.45) is 11.3 Å². The fourth-order valence-corrected chi connectivity index (χ4v) is 5.22. The molecule has 6 nitrogen and oxygen atoms in total. The van der Waals surface area contributed by atoms with Crippen LogP contribution >= 0.6 is 0 Å². The number of rotatable bonds is 8. The summed E-state index contributed by atoms with van der Waals surface area (Å²) in [6.45, 7) is 14.5. The summed E-state index contributed by atoms with van der Waals surface area (Å²) in [5, 5.41) is 3.10. The van der Waals surface area contributed by atoms with Crippen molar-refractivity contribution in [3.8, 4) is 0 Å². The maximum absolute atomic E-state index is 12.3. The minimum atomic E-state index is -0.553. The van der Waals surface area contributed by atoms with Crippen LogP contribution in [0.3, 0.4) is 0 Å². The maximum Gasteiger partial charge on any atom is 0.311 e. The third kappa shape index (κ3) is 9.19. The molecule has 3 rings (SSSR count). The van der Waals surface area contributed by atoms with Crippen LogP contribution in [0.2, 0.25) is 0 Å². The molecule has 6 heteroatoms. The molecule has 1 N–H and O–H groups in total. The summed E-state index contributed by atoms with van der Waals surface area (Å²) in [6, 6.07) is 0.208. The van der Waals surface area contributed by atoms with E-state index in [9.17, 15) is 9.59 Å². The lowest BCUT2D eigenvalue weighted by molar-refractivity contribution is -0.155. The molecule has 0 aromatic rings. The summed E-state index contributed by atoms with van der Waals surface area (Å²) in [5.74, 6) is 0.261. The number of nitrogens with one attached hydrogen (secondary N) is 1. The summed E-state index contributed by atoms with van der Waals surface area (Å²) in [7, 11) is 0. The molecule has 2 saturated heterocycles. The summed E-state index contributed by atoms with van der Waals surface area (Å²) < 4.78 is 17.3. The van der Waals surface area contributed by atoms with Crippen LogP contribution < -0.4 is 5.32 Å². The van der Waals surface area contributed by atoms with Gasteiger partial charge in [0.05, 0.1) is 29.3 Å². The number of carbonyl (C=O) groups is 2. The molecule has 1 spiro atoms. The van der Waals surface area contributed by atoms with Gasteiger partial charge in [-0.2, -0.15) is 0 Å². The molecule has 0 bridgehead atoms. The zero-order valence-corrected chi connectivity index (χ0v) is 23.4. The highest BCUT2D eigenvalue weighted by Crippen LogP contribution is 2.46. The Morgan fingerprint density at radius 3 is 2.42 bits per heavy atom. The van der Waals surface area contributed by atoms with Crippen LogP contribution in [-0.4, -0.2) is 47.9 Å². The van der Waals surface area contributed by atoms with E-state index >= 15 is 0 Å². The van der Waals surface area contributed by atoms with E-state index in [4.69, 9.17) is 14.2 Å². The van der Waals surface area contributed by atoms with Crippen molar-refractivity contribution in [1.82, 2.24) is 5.32 Å². The van der Waals surface area contributed by atoms with Gasteiger partial charge in [0.25, 0.3) is 0 Å². The molecule has 0 aromatic carbocycles. The number of esters is 1. The number of amides is 1. The minimum Gasteiger partial charge on any atom is -0.458 e. The van der Waals surface area contributed by atoms with Crippen LogP contribution in [0.4, 0.5) is 0 Å². The first-order valence-electron chi connectivity index (χ1n) is 13.6. The lowest BCUT2D eigenvalue weighted by atomic mass is 9.83.